The molecular formula is C23H15N3O2S3. The molecule has 0 unspecified atom stereocenters. The van der Waals surface area contributed by atoms with Crippen LogP contribution >= 0.6 is 35.3 Å². The maximum absolute atomic E-state index is 13.1. The summed E-state index contributed by atoms with van der Waals surface area (Å²) in [5, 5.41) is 9.28. The van der Waals surface area contributed by atoms with Crippen LogP contribution in [-0.2, 0) is 9.59 Å². The van der Waals surface area contributed by atoms with E-state index in [9.17, 15) is 9.59 Å². The molecule has 3 aromatic carbocycles. The number of nitrogens with one attached hydrogen (secondary N) is 1. The lowest BCUT2D eigenvalue weighted by Gasteiger charge is -2.13. The summed E-state index contributed by atoms with van der Waals surface area (Å²) in [6.45, 7) is -0.141. The number of thioether (sulfide) groups is 1. The smallest absolute Gasteiger partial charge is 0.266 e. The molecule has 152 valence electrons. The van der Waals surface area contributed by atoms with E-state index in [0.717, 1.165) is 27.1 Å². The molecule has 31 heavy (non-hydrogen) atoms. The largest absolute Gasteiger partial charge is 0.300 e. The number of benzene rings is 3. The normalized spacial score (nSPS) is 15.4. The number of amides is 2. The van der Waals surface area contributed by atoms with Crippen LogP contribution in [0.3, 0.4) is 0 Å². The highest BCUT2D eigenvalue weighted by molar-refractivity contribution is 8.26. The van der Waals surface area contributed by atoms with Crippen molar-refractivity contribution in [1.29, 1.82) is 0 Å². The average molecular weight is 462 g/mol. The molecule has 0 aliphatic carbocycles. The summed E-state index contributed by atoms with van der Waals surface area (Å²) >= 11 is 7.94. The molecule has 1 saturated heterocycles. The zero-order valence-electron chi connectivity index (χ0n) is 16.1. The third kappa shape index (κ3) is 3.85. The third-order valence-electron chi connectivity index (χ3n) is 4.94. The molecule has 2 heterocycles. The minimum atomic E-state index is -0.330. The fourth-order valence-corrected chi connectivity index (χ4v) is 5.34. The average Bonchev–Trinajstić information content (AvgIpc) is 3.37. The maximum Gasteiger partial charge on any atom is 0.266 e. The van der Waals surface area contributed by atoms with Crippen molar-refractivity contribution in [3.8, 4) is 0 Å². The van der Waals surface area contributed by atoms with Crippen LogP contribution in [0.5, 0.6) is 0 Å². The van der Waals surface area contributed by atoms with Gasteiger partial charge in [0.2, 0.25) is 5.91 Å². The number of thiocarbonyl (C=S) groups is 1. The van der Waals surface area contributed by atoms with Gasteiger partial charge in [0.1, 0.15) is 10.9 Å². The Bertz CT molecular complexity index is 1330. The van der Waals surface area contributed by atoms with E-state index in [1.165, 1.54) is 28.0 Å². The van der Waals surface area contributed by atoms with Gasteiger partial charge >= 0.3 is 0 Å². The lowest BCUT2D eigenvalue weighted by molar-refractivity contribution is -0.126. The molecule has 8 heteroatoms. The van der Waals surface area contributed by atoms with Crippen molar-refractivity contribution in [2.45, 2.75) is 0 Å². The monoisotopic (exact) mass is 461 g/mol. The Kier molecular flexibility index (Phi) is 5.27. The first kappa shape index (κ1) is 19.9. The minimum Gasteiger partial charge on any atom is -0.300 e. The van der Waals surface area contributed by atoms with Gasteiger partial charge in [-0.25, -0.2) is 4.98 Å². The van der Waals surface area contributed by atoms with E-state index in [4.69, 9.17) is 12.2 Å². The molecule has 1 N–H and O–H groups in total. The van der Waals surface area contributed by atoms with Crippen molar-refractivity contribution in [2.24, 2.45) is 0 Å². The molecule has 1 fully saturated rings. The SMILES string of the molecule is O=C(CN1C(=O)/C(=C/c2c3ccccc3cc3ccccc23)SC1=S)Nc1nccs1. The zero-order chi connectivity index (χ0) is 21.4. The first-order chi connectivity index (χ1) is 15.1. The van der Waals surface area contributed by atoms with E-state index < -0.39 is 0 Å². The number of aromatic nitrogens is 1. The van der Waals surface area contributed by atoms with E-state index >= 15 is 0 Å². The van der Waals surface area contributed by atoms with Crippen LogP contribution in [-0.4, -0.2) is 32.6 Å². The first-order valence-electron chi connectivity index (χ1n) is 9.45. The second-order valence-corrected chi connectivity index (χ2v) is 9.46. The predicted octanol–water partition coefficient (Wildman–Crippen LogP) is 5.29. The number of rotatable bonds is 4. The van der Waals surface area contributed by atoms with Crippen LogP contribution in [0.1, 0.15) is 5.56 Å². The number of hydrogen-bond donors (Lipinski definition) is 1. The van der Waals surface area contributed by atoms with E-state index in [2.05, 4.69) is 40.6 Å². The van der Waals surface area contributed by atoms with E-state index in [1.807, 2.05) is 30.3 Å². The molecule has 2 amide bonds. The van der Waals surface area contributed by atoms with Crippen LogP contribution in [0.2, 0.25) is 0 Å². The van der Waals surface area contributed by atoms with Gasteiger partial charge in [-0.05, 0) is 39.3 Å². The first-order valence-corrected chi connectivity index (χ1v) is 11.6. The molecule has 0 bridgehead atoms. The van der Waals surface area contributed by atoms with Gasteiger partial charge in [0.25, 0.3) is 5.91 Å². The van der Waals surface area contributed by atoms with Crippen molar-refractivity contribution in [3.05, 3.63) is 76.6 Å². The van der Waals surface area contributed by atoms with Crippen molar-refractivity contribution in [2.75, 3.05) is 11.9 Å². The van der Waals surface area contributed by atoms with Crippen LogP contribution in [0, 0.1) is 0 Å². The lowest BCUT2D eigenvalue weighted by Crippen LogP contribution is -2.36. The summed E-state index contributed by atoms with van der Waals surface area (Å²) in [5.74, 6) is -0.593. The Morgan fingerprint density at radius 3 is 2.42 bits per heavy atom. The Morgan fingerprint density at radius 1 is 1.10 bits per heavy atom. The fourth-order valence-electron chi connectivity index (χ4n) is 3.56. The second kappa shape index (κ2) is 8.22. The van der Waals surface area contributed by atoms with Gasteiger partial charge < -0.3 is 5.32 Å². The summed E-state index contributed by atoms with van der Waals surface area (Å²) in [6.07, 6.45) is 3.50. The summed E-state index contributed by atoms with van der Waals surface area (Å²) in [5.41, 5.74) is 0.974. The zero-order valence-corrected chi connectivity index (χ0v) is 18.5. The number of anilines is 1. The van der Waals surface area contributed by atoms with Crippen LogP contribution in [0.4, 0.5) is 5.13 Å². The molecule has 5 rings (SSSR count). The van der Waals surface area contributed by atoms with Crippen LogP contribution < -0.4 is 5.32 Å². The van der Waals surface area contributed by atoms with Gasteiger partial charge in [-0.15, -0.1) is 11.3 Å². The third-order valence-corrected chi connectivity index (χ3v) is 7.01. The second-order valence-electron chi connectivity index (χ2n) is 6.89. The van der Waals surface area contributed by atoms with Gasteiger partial charge in [0.05, 0.1) is 4.91 Å². The summed E-state index contributed by atoms with van der Waals surface area (Å²) in [4.78, 5) is 31.3. The molecule has 0 saturated carbocycles. The minimum absolute atomic E-state index is 0.141. The Morgan fingerprint density at radius 2 is 1.77 bits per heavy atom. The maximum atomic E-state index is 13.1. The molecule has 4 aromatic rings. The van der Waals surface area contributed by atoms with Gasteiger partial charge in [-0.2, -0.15) is 0 Å². The van der Waals surface area contributed by atoms with Gasteiger partial charge in [-0.3, -0.25) is 14.5 Å². The summed E-state index contributed by atoms with van der Waals surface area (Å²) in [6, 6.07) is 18.4. The van der Waals surface area contributed by atoms with Crippen LogP contribution in [0.25, 0.3) is 27.6 Å². The van der Waals surface area contributed by atoms with Gasteiger partial charge in [-0.1, -0.05) is 72.5 Å². The Hall–Kier alpha value is -3.07. The summed E-state index contributed by atoms with van der Waals surface area (Å²) in [7, 11) is 0. The highest BCUT2D eigenvalue weighted by Gasteiger charge is 2.33. The standard InChI is InChI=1S/C23H15N3O2S3/c27-20(25-22-24-9-10-30-22)13-26-21(28)19(31-23(26)29)12-18-16-7-3-1-5-14(16)11-15-6-2-4-8-17(15)18/h1-12H,13H2,(H,24,25,27)/b19-12-. The van der Waals surface area contributed by atoms with Crippen LogP contribution in [0.15, 0.2) is 71.1 Å². The number of hydrogen-bond acceptors (Lipinski definition) is 6. The topological polar surface area (TPSA) is 62.3 Å². The number of carbonyl (C=O) groups is 2. The number of carbonyl (C=O) groups excluding carboxylic acids is 2. The quantitative estimate of drug-likeness (QED) is 0.254. The summed E-state index contributed by atoms with van der Waals surface area (Å²) < 4.78 is 0.370. The highest BCUT2D eigenvalue weighted by atomic mass is 32.2. The molecule has 5 nitrogen and oxygen atoms in total. The molecule has 1 aliphatic rings. The van der Waals surface area contributed by atoms with Gasteiger partial charge in [0.15, 0.2) is 5.13 Å². The van der Waals surface area contributed by atoms with E-state index in [0.29, 0.717) is 14.4 Å². The lowest BCUT2D eigenvalue weighted by atomic mass is 9.96. The molecule has 0 radical (unpaired) electrons. The molecule has 1 aromatic heterocycles. The molecule has 1 aliphatic heterocycles. The molecule has 0 spiro atoms. The van der Waals surface area contributed by atoms with E-state index in [-0.39, 0.29) is 18.4 Å². The van der Waals surface area contributed by atoms with Crippen molar-refractivity contribution in [1.82, 2.24) is 9.88 Å². The van der Waals surface area contributed by atoms with Gasteiger partial charge in [0, 0.05) is 11.6 Å². The van der Waals surface area contributed by atoms with E-state index in [1.54, 1.807) is 11.6 Å². The molecule has 0 atom stereocenters. The van der Waals surface area contributed by atoms with Crippen molar-refractivity contribution in [3.63, 3.8) is 0 Å². The Labute approximate surface area is 191 Å². The number of thiazole rings is 1. The highest BCUT2D eigenvalue weighted by Crippen LogP contribution is 2.36. The van der Waals surface area contributed by atoms with Crippen molar-refractivity contribution >= 4 is 84.2 Å². The predicted molar refractivity (Wildman–Crippen MR) is 132 cm³/mol. The number of nitrogens with zero attached hydrogens (tertiary/aromatic N) is 2. The Balaban J connectivity index is 1.50. The fraction of sp³-hybridized carbons (Fsp3) is 0.0435. The number of fused-ring (bicyclic) bond motifs is 2. The molecular weight excluding hydrogens is 446 g/mol. The van der Waals surface area contributed by atoms with Crippen molar-refractivity contribution < 1.29 is 9.59 Å².